The molecule has 0 N–H and O–H groups in total. The molecule has 1 amide bonds. The van der Waals surface area contributed by atoms with Gasteiger partial charge in [0, 0.05) is 18.1 Å². The van der Waals surface area contributed by atoms with E-state index in [1.54, 1.807) is 38.1 Å². The predicted molar refractivity (Wildman–Crippen MR) is 95.1 cm³/mol. The maximum absolute atomic E-state index is 12.4. The van der Waals surface area contributed by atoms with Gasteiger partial charge in [0.25, 0.3) is 5.56 Å². The fourth-order valence-corrected chi connectivity index (χ4v) is 2.29. The molecule has 2 rings (SSSR count). The Bertz CT molecular complexity index is 860. The second kappa shape index (κ2) is 8.48. The maximum Gasteiger partial charge on any atom is 0.415 e. The molecule has 0 bridgehead atoms. The molecule has 0 spiro atoms. The molecule has 0 unspecified atom stereocenters. The minimum absolute atomic E-state index is 0.260. The minimum Gasteiger partial charge on any atom is -0.464 e. The molecule has 2 aromatic rings. The highest BCUT2D eigenvalue weighted by molar-refractivity contribution is 6.30. The Morgan fingerprint density at radius 2 is 1.81 bits per heavy atom. The van der Waals surface area contributed by atoms with Crippen LogP contribution in [0.1, 0.15) is 24.3 Å². The number of ether oxygens (including phenoxy) is 2. The molecule has 1 heterocycles. The molecule has 0 aliphatic carbocycles. The number of methoxy groups -OCH3 is 1. The fourth-order valence-electron chi connectivity index (χ4n) is 2.16. The van der Waals surface area contributed by atoms with Crippen LogP contribution in [-0.4, -0.2) is 46.9 Å². The average Bonchev–Trinajstić information content (AvgIpc) is 2.63. The summed E-state index contributed by atoms with van der Waals surface area (Å²) in [5, 5.41) is 4.48. The van der Waals surface area contributed by atoms with Gasteiger partial charge in [0.15, 0.2) is 5.75 Å². The summed E-state index contributed by atoms with van der Waals surface area (Å²) in [6.07, 6.45) is -0.689. The molecule has 0 saturated heterocycles. The predicted octanol–water partition coefficient (Wildman–Crippen LogP) is 2.51. The van der Waals surface area contributed by atoms with Gasteiger partial charge in [-0.15, -0.1) is 0 Å². The summed E-state index contributed by atoms with van der Waals surface area (Å²) in [5.41, 5.74) is -0.476. The number of rotatable bonds is 5. The van der Waals surface area contributed by atoms with E-state index in [0.717, 1.165) is 17.9 Å². The molecule has 8 nitrogen and oxygen atoms in total. The first-order valence-corrected chi connectivity index (χ1v) is 8.24. The van der Waals surface area contributed by atoms with E-state index in [9.17, 15) is 14.4 Å². The summed E-state index contributed by atoms with van der Waals surface area (Å²) in [6, 6.07) is 7.32. The molecule has 1 aromatic heterocycles. The van der Waals surface area contributed by atoms with Crippen molar-refractivity contribution in [1.29, 1.82) is 0 Å². The Kier molecular flexibility index (Phi) is 6.35. The van der Waals surface area contributed by atoms with Crippen LogP contribution in [0.25, 0.3) is 5.69 Å². The van der Waals surface area contributed by atoms with Crippen molar-refractivity contribution in [3.05, 3.63) is 51.4 Å². The molecule has 0 radical (unpaired) electrons. The number of aromatic nitrogens is 2. The minimum atomic E-state index is -0.838. The Morgan fingerprint density at radius 1 is 1.19 bits per heavy atom. The van der Waals surface area contributed by atoms with Crippen molar-refractivity contribution in [2.75, 3.05) is 20.2 Å². The van der Waals surface area contributed by atoms with Crippen LogP contribution in [0.2, 0.25) is 5.02 Å². The number of carbonyl (C=O) groups excluding carboxylic acids is 2. The normalized spacial score (nSPS) is 10.3. The third-order valence-electron chi connectivity index (χ3n) is 3.57. The van der Waals surface area contributed by atoms with Crippen LogP contribution in [0.4, 0.5) is 4.79 Å². The molecule has 0 aliphatic rings. The van der Waals surface area contributed by atoms with Gasteiger partial charge in [0.05, 0.1) is 18.9 Å². The van der Waals surface area contributed by atoms with Gasteiger partial charge in [0.1, 0.15) is 0 Å². The largest absolute Gasteiger partial charge is 0.464 e. The molecule has 0 saturated carbocycles. The van der Waals surface area contributed by atoms with Crippen molar-refractivity contribution in [3.8, 4) is 11.4 Å². The van der Waals surface area contributed by atoms with E-state index in [1.165, 1.54) is 4.90 Å². The molecular weight excluding hydrogens is 362 g/mol. The second-order valence-electron chi connectivity index (χ2n) is 5.12. The van der Waals surface area contributed by atoms with Gasteiger partial charge in [0.2, 0.25) is 5.69 Å². The van der Waals surface area contributed by atoms with Crippen LogP contribution in [0.5, 0.6) is 5.75 Å². The van der Waals surface area contributed by atoms with Crippen molar-refractivity contribution < 1.29 is 19.1 Å². The van der Waals surface area contributed by atoms with Gasteiger partial charge in [-0.2, -0.15) is 9.78 Å². The molecule has 138 valence electrons. The first-order valence-electron chi connectivity index (χ1n) is 7.86. The molecule has 0 aliphatic heterocycles. The number of esters is 1. The van der Waals surface area contributed by atoms with Crippen LogP contribution >= 0.6 is 11.6 Å². The highest BCUT2D eigenvalue weighted by atomic mass is 35.5. The summed E-state index contributed by atoms with van der Waals surface area (Å²) in [7, 11) is 1.16. The van der Waals surface area contributed by atoms with Crippen molar-refractivity contribution in [1.82, 2.24) is 14.7 Å². The first kappa shape index (κ1) is 19.5. The lowest BCUT2D eigenvalue weighted by molar-refractivity contribution is 0.0587. The third-order valence-corrected chi connectivity index (χ3v) is 3.82. The summed E-state index contributed by atoms with van der Waals surface area (Å²) >= 11 is 5.84. The lowest BCUT2D eigenvalue weighted by Crippen LogP contribution is -2.34. The lowest BCUT2D eigenvalue weighted by Gasteiger charge is -2.18. The molecule has 1 aromatic carbocycles. The van der Waals surface area contributed by atoms with Crippen molar-refractivity contribution >= 4 is 23.7 Å². The summed E-state index contributed by atoms with van der Waals surface area (Å²) in [5.74, 6) is -1.10. The van der Waals surface area contributed by atoms with E-state index < -0.39 is 17.6 Å². The van der Waals surface area contributed by atoms with Gasteiger partial charge in [-0.25, -0.2) is 9.59 Å². The van der Waals surface area contributed by atoms with E-state index in [-0.39, 0.29) is 11.4 Å². The van der Waals surface area contributed by atoms with E-state index >= 15 is 0 Å². The van der Waals surface area contributed by atoms with E-state index in [0.29, 0.717) is 23.8 Å². The Morgan fingerprint density at radius 3 is 2.35 bits per heavy atom. The molecule has 0 fully saturated rings. The SMILES string of the molecule is CCN(CC)C(=O)Oc1cc(=O)n(-c2ccc(Cl)cc2)nc1C(=O)OC. The van der Waals surface area contributed by atoms with Crippen LogP contribution in [0.15, 0.2) is 35.1 Å². The smallest absolute Gasteiger partial charge is 0.415 e. The number of hydrogen-bond donors (Lipinski definition) is 0. The monoisotopic (exact) mass is 379 g/mol. The first-order chi connectivity index (χ1) is 12.4. The van der Waals surface area contributed by atoms with Gasteiger partial charge < -0.3 is 14.4 Å². The van der Waals surface area contributed by atoms with Crippen LogP contribution in [0.3, 0.4) is 0 Å². The number of carbonyl (C=O) groups is 2. The number of amides is 1. The Hall–Kier alpha value is -2.87. The summed E-state index contributed by atoms with van der Waals surface area (Å²) in [6.45, 7) is 4.39. The number of nitrogens with zero attached hydrogens (tertiary/aromatic N) is 3. The quantitative estimate of drug-likeness (QED) is 0.741. The maximum atomic E-state index is 12.4. The number of hydrogen-bond acceptors (Lipinski definition) is 6. The number of halogens is 1. The zero-order valence-electron chi connectivity index (χ0n) is 14.6. The fraction of sp³-hybridized carbons (Fsp3) is 0.294. The second-order valence-corrected chi connectivity index (χ2v) is 5.55. The molecular formula is C17H18ClN3O5. The third kappa shape index (κ3) is 4.20. The van der Waals surface area contributed by atoms with Gasteiger partial charge in [-0.05, 0) is 38.1 Å². The molecule has 26 heavy (non-hydrogen) atoms. The van der Waals surface area contributed by atoms with E-state index in [1.807, 2.05) is 0 Å². The standard InChI is InChI=1S/C17H18ClN3O5/c1-4-20(5-2)17(24)26-13-10-14(22)21(19-15(13)16(23)25-3)12-8-6-11(18)7-9-12/h6-10H,4-5H2,1-3H3. The Labute approximate surface area is 154 Å². The van der Waals surface area contributed by atoms with Crippen molar-refractivity contribution in [2.45, 2.75) is 13.8 Å². The van der Waals surface area contributed by atoms with E-state index in [2.05, 4.69) is 9.84 Å². The van der Waals surface area contributed by atoms with Crippen LogP contribution in [-0.2, 0) is 4.74 Å². The Balaban J connectivity index is 2.51. The van der Waals surface area contributed by atoms with Crippen molar-refractivity contribution in [2.24, 2.45) is 0 Å². The van der Waals surface area contributed by atoms with Gasteiger partial charge in [-0.3, -0.25) is 4.79 Å². The average molecular weight is 380 g/mol. The highest BCUT2D eigenvalue weighted by Gasteiger charge is 2.23. The number of benzene rings is 1. The van der Waals surface area contributed by atoms with Gasteiger partial charge >= 0.3 is 12.1 Å². The summed E-state index contributed by atoms with van der Waals surface area (Å²) in [4.78, 5) is 38.0. The lowest BCUT2D eigenvalue weighted by atomic mass is 10.3. The summed E-state index contributed by atoms with van der Waals surface area (Å²) < 4.78 is 10.9. The van der Waals surface area contributed by atoms with E-state index in [4.69, 9.17) is 16.3 Å². The van der Waals surface area contributed by atoms with Crippen molar-refractivity contribution in [3.63, 3.8) is 0 Å². The highest BCUT2D eigenvalue weighted by Crippen LogP contribution is 2.18. The topological polar surface area (TPSA) is 90.7 Å². The molecule has 0 atom stereocenters. The van der Waals surface area contributed by atoms with Crippen LogP contribution < -0.4 is 10.3 Å². The zero-order chi connectivity index (χ0) is 19.3. The molecule has 9 heteroatoms. The van der Waals surface area contributed by atoms with Gasteiger partial charge in [-0.1, -0.05) is 11.6 Å². The van der Waals surface area contributed by atoms with Crippen LogP contribution in [0, 0.1) is 0 Å². The zero-order valence-corrected chi connectivity index (χ0v) is 15.3.